The molecule has 3 rings (SSSR count). The quantitative estimate of drug-likeness (QED) is 0.265. The average molecular weight is 515 g/mol. The lowest BCUT2D eigenvalue weighted by Crippen LogP contribution is -2.48. The second kappa shape index (κ2) is 11.9. The molecule has 29 heavy (non-hydrogen) atoms. The van der Waals surface area contributed by atoms with Gasteiger partial charge in [-0.2, -0.15) is 5.10 Å². The van der Waals surface area contributed by atoms with Crippen LogP contribution in [0.2, 0.25) is 0 Å². The largest absolute Gasteiger partial charge is 0.497 e. The van der Waals surface area contributed by atoms with E-state index in [1.165, 1.54) is 0 Å². The summed E-state index contributed by atoms with van der Waals surface area (Å²) in [6.45, 7) is 6.18. The predicted octanol–water partition coefficient (Wildman–Crippen LogP) is 2.46. The Kier molecular flexibility index (Phi) is 9.52. The molecule has 0 bridgehead atoms. The van der Waals surface area contributed by atoms with Crippen LogP contribution in [0.15, 0.2) is 41.7 Å². The summed E-state index contributed by atoms with van der Waals surface area (Å²) >= 11 is 0. The number of benzene rings is 1. The molecule has 2 heterocycles. The van der Waals surface area contributed by atoms with Crippen molar-refractivity contribution in [1.29, 1.82) is 0 Å². The van der Waals surface area contributed by atoms with E-state index in [-0.39, 0.29) is 30.1 Å². The van der Waals surface area contributed by atoms with Gasteiger partial charge in [0.2, 0.25) is 0 Å². The molecule has 160 valence electrons. The second-order valence-corrected chi connectivity index (χ2v) is 6.51. The molecule has 1 fully saturated rings. The Hall–Kier alpha value is -2.01. The van der Waals surface area contributed by atoms with Crippen LogP contribution in [-0.4, -0.2) is 67.1 Å². The molecule has 0 spiro atoms. The molecule has 1 aromatic heterocycles. The molecule has 0 saturated carbocycles. The fraction of sp³-hybridized carbons (Fsp3) is 0.500. The molecular formula is C20H30IN5O3. The number of nitrogens with zero attached hydrogens (tertiary/aromatic N) is 4. The number of rotatable bonds is 7. The minimum absolute atomic E-state index is 0. The highest BCUT2D eigenvalue weighted by Gasteiger charge is 2.25. The minimum Gasteiger partial charge on any atom is -0.497 e. The van der Waals surface area contributed by atoms with Crippen LogP contribution in [0, 0.1) is 0 Å². The molecular weight excluding hydrogens is 485 g/mol. The van der Waals surface area contributed by atoms with E-state index >= 15 is 0 Å². The van der Waals surface area contributed by atoms with E-state index in [0.717, 1.165) is 42.7 Å². The van der Waals surface area contributed by atoms with Gasteiger partial charge < -0.3 is 24.4 Å². The van der Waals surface area contributed by atoms with Crippen LogP contribution >= 0.6 is 24.0 Å². The summed E-state index contributed by atoms with van der Waals surface area (Å²) in [6.07, 6.45) is 3.86. The summed E-state index contributed by atoms with van der Waals surface area (Å²) in [5, 5.41) is 7.62. The van der Waals surface area contributed by atoms with Crippen LogP contribution in [0.4, 0.5) is 0 Å². The molecule has 9 heteroatoms. The number of morpholine rings is 1. The molecule has 1 unspecified atom stereocenters. The first-order valence-electron chi connectivity index (χ1n) is 9.60. The second-order valence-electron chi connectivity index (χ2n) is 6.51. The van der Waals surface area contributed by atoms with E-state index in [1.807, 2.05) is 43.7 Å². The number of methoxy groups -OCH3 is 1. The summed E-state index contributed by atoms with van der Waals surface area (Å²) in [4.78, 5) is 6.96. The van der Waals surface area contributed by atoms with Gasteiger partial charge in [0.15, 0.2) is 5.96 Å². The standard InChI is InChI=1S/C20H29N5O3.HI/c1-4-21-20(22-9-11-27-18-7-5-17(26-3)6-8-18)25-10-12-28-19(15-25)16-13-23-24(2)14-16;/h5-8,13-14,19H,4,9-12,15H2,1-3H3,(H,21,22);1H. The number of aliphatic imine (C=N–C) groups is 1. The van der Waals surface area contributed by atoms with Crippen molar-refractivity contribution in [2.75, 3.05) is 46.5 Å². The number of nitrogens with one attached hydrogen (secondary N) is 1. The first kappa shape index (κ1) is 23.3. The first-order chi connectivity index (χ1) is 13.7. The Balaban J connectivity index is 0.00000300. The Labute approximate surface area is 189 Å². The lowest BCUT2D eigenvalue weighted by Gasteiger charge is -2.34. The van der Waals surface area contributed by atoms with Crippen LogP contribution in [-0.2, 0) is 11.8 Å². The third kappa shape index (κ3) is 6.77. The van der Waals surface area contributed by atoms with E-state index in [1.54, 1.807) is 11.8 Å². The van der Waals surface area contributed by atoms with Crippen molar-refractivity contribution in [2.45, 2.75) is 13.0 Å². The van der Waals surface area contributed by atoms with E-state index in [4.69, 9.17) is 19.2 Å². The van der Waals surface area contributed by atoms with Gasteiger partial charge in [-0.05, 0) is 31.2 Å². The van der Waals surface area contributed by atoms with Crippen molar-refractivity contribution < 1.29 is 14.2 Å². The highest BCUT2D eigenvalue weighted by molar-refractivity contribution is 14.0. The Morgan fingerprint density at radius 2 is 2.07 bits per heavy atom. The van der Waals surface area contributed by atoms with Crippen molar-refractivity contribution in [3.63, 3.8) is 0 Å². The van der Waals surface area contributed by atoms with E-state index in [9.17, 15) is 0 Å². The van der Waals surface area contributed by atoms with Gasteiger partial charge in [0.25, 0.3) is 0 Å². The summed E-state index contributed by atoms with van der Waals surface area (Å²) in [6, 6.07) is 7.56. The van der Waals surface area contributed by atoms with Gasteiger partial charge >= 0.3 is 0 Å². The van der Waals surface area contributed by atoms with Crippen LogP contribution in [0.3, 0.4) is 0 Å². The van der Waals surface area contributed by atoms with Gasteiger partial charge in [0.1, 0.15) is 24.2 Å². The van der Waals surface area contributed by atoms with Gasteiger partial charge in [-0.25, -0.2) is 4.99 Å². The highest BCUT2D eigenvalue weighted by Crippen LogP contribution is 2.21. The van der Waals surface area contributed by atoms with Crippen molar-refractivity contribution in [1.82, 2.24) is 20.0 Å². The maximum absolute atomic E-state index is 5.93. The van der Waals surface area contributed by atoms with Crippen molar-refractivity contribution in [3.8, 4) is 11.5 Å². The van der Waals surface area contributed by atoms with Crippen LogP contribution in [0.5, 0.6) is 11.5 Å². The van der Waals surface area contributed by atoms with E-state index in [0.29, 0.717) is 19.8 Å². The maximum atomic E-state index is 5.93. The minimum atomic E-state index is 0. The Bertz CT molecular complexity index is 766. The van der Waals surface area contributed by atoms with Gasteiger partial charge in [-0.15, -0.1) is 24.0 Å². The van der Waals surface area contributed by atoms with Gasteiger partial charge in [0.05, 0.1) is 33.0 Å². The molecule has 2 aromatic rings. The SMILES string of the molecule is CCNC(=NCCOc1ccc(OC)cc1)N1CCOC(c2cnn(C)c2)C1.I. The molecule has 1 N–H and O–H groups in total. The van der Waals surface area contributed by atoms with Crippen molar-refractivity contribution in [3.05, 3.63) is 42.2 Å². The molecule has 8 nitrogen and oxygen atoms in total. The monoisotopic (exact) mass is 515 g/mol. The normalized spacial score (nSPS) is 16.9. The van der Waals surface area contributed by atoms with E-state index < -0.39 is 0 Å². The smallest absolute Gasteiger partial charge is 0.194 e. The molecule has 0 aliphatic carbocycles. The zero-order valence-electron chi connectivity index (χ0n) is 17.2. The lowest BCUT2D eigenvalue weighted by atomic mass is 10.1. The van der Waals surface area contributed by atoms with E-state index in [2.05, 4.69) is 22.2 Å². The number of halogens is 1. The summed E-state index contributed by atoms with van der Waals surface area (Å²) in [5.41, 5.74) is 1.09. The lowest BCUT2D eigenvalue weighted by molar-refractivity contribution is -0.00805. The first-order valence-corrected chi connectivity index (χ1v) is 9.60. The molecule has 1 aromatic carbocycles. The zero-order chi connectivity index (χ0) is 19.8. The molecule has 1 saturated heterocycles. The third-order valence-corrected chi connectivity index (χ3v) is 4.48. The number of aryl methyl sites for hydroxylation is 1. The Morgan fingerprint density at radius 1 is 1.31 bits per heavy atom. The highest BCUT2D eigenvalue weighted by atomic mass is 127. The van der Waals surface area contributed by atoms with Crippen LogP contribution in [0.25, 0.3) is 0 Å². The molecule has 1 atom stereocenters. The predicted molar refractivity (Wildman–Crippen MR) is 123 cm³/mol. The number of hydrogen-bond donors (Lipinski definition) is 1. The summed E-state index contributed by atoms with van der Waals surface area (Å²) in [5.74, 6) is 2.51. The van der Waals surface area contributed by atoms with Crippen molar-refractivity contribution >= 4 is 29.9 Å². The topological polar surface area (TPSA) is 73.1 Å². The van der Waals surface area contributed by atoms with Gasteiger partial charge in [-0.1, -0.05) is 0 Å². The average Bonchev–Trinajstić information content (AvgIpc) is 3.17. The molecule has 0 radical (unpaired) electrons. The van der Waals surface area contributed by atoms with Crippen LogP contribution in [0.1, 0.15) is 18.6 Å². The zero-order valence-corrected chi connectivity index (χ0v) is 19.5. The number of aromatic nitrogens is 2. The summed E-state index contributed by atoms with van der Waals surface area (Å²) in [7, 11) is 3.57. The number of ether oxygens (including phenoxy) is 3. The summed E-state index contributed by atoms with van der Waals surface area (Å²) < 4.78 is 18.7. The number of guanidine groups is 1. The van der Waals surface area contributed by atoms with Crippen molar-refractivity contribution in [2.24, 2.45) is 12.0 Å². The molecule has 1 aliphatic rings. The maximum Gasteiger partial charge on any atom is 0.194 e. The third-order valence-electron chi connectivity index (χ3n) is 4.48. The fourth-order valence-corrected chi connectivity index (χ4v) is 3.06. The molecule has 1 aliphatic heterocycles. The fourth-order valence-electron chi connectivity index (χ4n) is 3.06. The molecule has 0 amide bonds. The van der Waals surface area contributed by atoms with Gasteiger partial charge in [0, 0.05) is 31.9 Å². The Morgan fingerprint density at radius 3 is 2.72 bits per heavy atom. The number of hydrogen-bond acceptors (Lipinski definition) is 5. The van der Waals surface area contributed by atoms with Gasteiger partial charge in [-0.3, -0.25) is 4.68 Å². The van der Waals surface area contributed by atoms with Crippen LogP contribution < -0.4 is 14.8 Å².